The van der Waals surface area contributed by atoms with E-state index in [4.69, 9.17) is 4.74 Å². The number of pyridine rings is 1. The molecule has 2 aromatic rings. The molecule has 0 radical (unpaired) electrons. The zero-order valence-electron chi connectivity index (χ0n) is 10.1. The number of imidazole rings is 1. The zero-order valence-corrected chi connectivity index (χ0v) is 10.1. The summed E-state index contributed by atoms with van der Waals surface area (Å²) in [6.07, 6.45) is 3.17. The Hall–Kier alpha value is -2.37. The second kappa shape index (κ2) is 4.87. The highest BCUT2D eigenvalue weighted by Gasteiger charge is 2.18. The minimum atomic E-state index is -0.533. The van der Waals surface area contributed by atoms with Crippen LogP contribution < -0.4 is 5.69 Å². The van der Waals surface area contributed by atoms with Crippen LogP contribution in [0.15, 0.2) is 29.3 Å². The van der Waals surface area contributed by atoms with Gasteiger partial charge in [0.15, 0.2) is 0 Å². The van der Waals surface area contributed by atoms with E-state index < -0.39 is 5.97 Å². The molecular formula is C12H13N3O3. The molecule has 0 aliphatic carbocycles. The Balaban J connectivity index is 2.52. The number of carbonyl (C=O) groups excluding carboxylic acids is 1. The lowest BCUT2D eigenvalue weighted by Gasteiger charge is -2.04. The second-order valence-electron chi connectivity index (χ2n) is 3.66. The van der Waals surface area contributed by atoms with Gasteiger partial charge in [-0.25, -0.2) is 9.59 Å². The van der Waals surface area contributed by atoms with Crippen molar-refractivity contribution in [3.63, 3.8) is 0 Å². The first-order valence-corrected chi connectivity index (χ1v) is 5.54. The van der Waals surface area contributed by atoms with Crippen molar-refractivity contribution in [2.45, 2.75) is 13.8 Å². The third-order valence-electron chi connectivity index (χ3n) is 2.52. The van der Waals surface area contributed by atoms with E-state index in [2.05, 4.69) is 9.97 Å². The fourth-order valence-corrected chi connectivity index (χ4v) is 1.72. The quantitative estimate of drug-likeness (QED) is 0.822. The van der Waals surface area contributed by atoms with Gasteiger partial charge < -0.3 is 4.74 Å². The van der Waals surface area contributed by atoms with Crippen LogP contribution in [-0.4, -0.2) is 27.1 Å². The summed E-state index contributed by atoms with van der Waals surface area (Å²) in [6, 6.07) is 3.46. The lowest BCUT2D eigenvalue weighted by atomic mass is 10.3. The van der Waals surface area contributed by atoms with Crippen molar-refractivity contribution in [3.05, 3.63) is 46.4 Å². The van der Waals surface area contributed by atoms with Gasteiger partial charge in [0.05, 0.1) is 24.2 Å². The number of nitrogens with zero attached hydrogens (tertiary/aromatic N) is 2. The van der Waals surface area contributed by atoms with E-state index in [1.807, 2.05) is 0 Å². The highest BCUT2D eigenvalue weighted by atomic mass is 16.5. The first-order chi connectivity index (χ1) is 8.65. The first kappa shape index (κ1) is 12.1. The Labute approximate surface area is 103 Å². The van der Waals surface area contributed by atoms with E-state index in [1.165, 1.54) is 4.57 Å². The van der Waals surface area contributed by atoms with Crippen LogP contribution in [0.5, 0.6) is 0 Å². The van der Waals surface area contributed by atoms with Gasteiger partial charge >= 0.3 is 11.7 Å². The molecule has 2 aromatic heterocycles. The molecule has 0 bridgehead atoms. The van der Waals surface area contributed by atoms with Crippen LogP contribution in [0.2, 0.25) is 0 Å². The average Bonchev–Trinajstić information content (AvgIpc) is 2.66. The molecule has 94 valence electrons. The summed E-state index contributed by atoms with van der Waals surface area (Å²) in [7, 11) is 0. The van der Waals surface area contributed by atoms with Gasteiger partial charge in [0.2, 0.25) is 0 Å². The fourth-order valence-electron chi connectivity index (χ4n) is 1.72. The Morgan fingerprint density at radius 1 is 1.56 bits per heavy atom. The monoisotopic (exact) mass is 247 g/mol. The van der Waals surface area contributed by atoms with E-state index >= 15 is 0 Å². The number of esters is 1. The highest BCUT2D eigenvalue weighted by molar-refractivity contribution is 5.88. The van der Waals surface area contributed by atoms with E-state index in [1.54, 1.807) is 38.4 Å². The molecule has 0 amide bonds. The number of H-pyrrole nitrogens is 1. The number of hydrogen-bond acceptors (Lipinski definition) is 4. The van der Waals surface area contributed by atoms with Crippen LogP contribution in [0, 0.1) is 6.92 Å². The first-order valence-electron chi connectivity index (χ1n) is 5.54. The number of ether oxygens (including phenoxy) is 1. The molecule has 0 fully saturated rings. The molecule has 0 aliphatic heterocycles. The van der Waals surface area contributed by atoms with Crippen LogP contribution in [0.1, 0.15) is 23.1 Å². The Morgan fingerprint density at radius 2 is 2.33 bits per heavy atom. The van der Waals surface area contributed by atoms with Gasteiger partial charge in [0.25, 0.3) is 0 Å². The van der Waals surface area contributed by atoms with E-state index in [9.17, 15) is 9.59 Å². The maximum Gasteiger partial charge on any atom is 0.356 e. The van der Waals surface area contributed by atoms with Gasteiger partial charge in [0.1, 0.15) is 5.69 Å². The number of hydrogen-bond donors (Lipinski definition) is 1. The number of aromatic nitrogens is 3. The molecule has 0 saturated heterocycles. The largest absolute Gasteiger partial charge is 0.461 e. The molecule has 2 rings (SSSR count). The Bertz CT molecular complexity index is 613. The topological polar surface area (TPSA) is 77.0 Å². The molecule has 1 N–H and O–H groups in total. The number of carbonyl (C=O) groups is 1. The standard InChI is InChI=1S/C12H13N3O3/c1-3-18-11(16)10-8(2)15(12(17)14-10)9-5-4-6-13-7-9/h4-7H,3H2,1-2H3,(H,14,17). The fraction of sp³-hybridized carbons (Fsp3) is 0.250. The summed E-state index contributed by atoms with van der Waals surface area (Å²) in [5.41, 5.74) is 0.896. The summed E-state index contributed by atoms with van der Waals surface area (Å²) in [6.45, 7) is 3.65. The summed E-state index contributed by atoms with van der Waals surface area (Å²) in [5, 5.41) is 0. The van der Waals surface area contributed by atoms with Crippen LogP contribution in [0.3, 0.4) is 0 Å². The smallest absolute Gasteiger partial charge is 0.356 e. The average molecular weight is 247 g/mol. The summed E-state index contributed by atoms with van der Waals surface area (Å²) < 4.78 is 6.26. The number of aromatic amines is 1. The van der Waals surface area contributed by atoms with Crippen LogP contribution in [-0.2, 0) is 4.74 Å². The molecule has 2 heterocycles. The van der Waals surface area contributed by atoms with Crippen molar-refractivity contribution in [2.24, 2.45) is 0 Å². The van der Waals surface area contributed by atoms with Crippen molar-refractivity contribution < 1.29 is 9.53 Å². The minimum absolute atomic E-state index is 0.172. The van der Waals surface area contributed by atoms with Crippen LogP contribution in [0.4, 0.5) is 0 Å². The van der Waals surface area contributed by atoms with Crippen molar-refractivity contribution in [3.8, 4) is 5.69 Å². The van der Waals surface area contributed by atoms with Gasteiger partial charge in [-0.3, -0.25) is 14.5 Å². The second-order valence-corrected chi connectivity index (χ2v) is 3.66. The summed E-state index contributed by atoms with van der Waals surface area (Å²) >= 11 is 0. The third kappa shape index (κ3) is 2.04. The molecule has 0 spiro atoms. The predicted molar refractivity (Wildman–Crippen MR) is 64.9 cm³/mol. The van der Waals surface area contributed by atoms with Crippen LogP contribution in [0.25, 0.3) is 5.69 Å². The number of rotatable bonds is 3. The van der Waals surface area contributed by atoms with E-state index in [0.29, 0.717) is 11.4 Å². The van der Waals surface area contributed by atoms with Crippen molar-refractivity contribution in [1.29, 1.82) is 0 Å². The maximum absolute atomic E-state index is 11.8. The Morgan fingerprint density at radius 3 is 2.94 bits per heavy atom. The molecule has 0 aromatic carbocycles. The van der Waals surface area contributed by atoms with Crippen molar-refractivity contribution in [1.82, 2.24) is 14.5 Å². The SMILES string of the molecule is CCOC(=O)c1[nH]c(=O)n(-c2cccnc2)c1C. The highest BCUT2D eigenvalue weighted by Crippen LogP contribution is 2.10. The van der Waals surface area contributed by atoms with Gasteiger partial charge in [-0.1, -0.05) is 0 Å². The van der Waals surface area contributed by atoms with Gasteiger partial charge in [-0.05, 0) is 26.0 Å². The molecule has 0 aliphatic rings. The van der Waals surface area contributed by atoms with Crippen molar-refractivity contribution >= 4 is 5.97 Å². The summed E-state index contributed by atoms with van der Waals surface area (Å²) in [4.78, 5) is 29.9. The van der Waals surface area contributed by atoms with E-state index in [-0.39, 0.29) is 18.0 Å². The number of nitrogens with one attached hydrogen (secondary N) is 1. The molecule has 0 unspecified atom stereocenters. The minimum Gasteiger partial charge on any atom is -0.461 e. The van der Waals surface area contributed by atoms with Crippen LogP contribution >= 0.6 is 0 Å². The lowest BCUT2D eigenvalue weighted by molar-refractivity contribution is 0.0519. The molecule has 0 atom stereocenters. The van der Waals surface area contributed by atoms with E-state index in [0.717, 1.165) is 0 Å². The predicted octanol–water partition coefficient (Wildman–Crippen LogP) is 1.05. The lowest BCUT2D eigenvalue weighted by Crippen LogP contribution is -2.15. The molecular weight excluding hydrogens is 234 g/mol. The maximum atomic E-state index is 11.8. The molecule has 18 heavy (non-hydrogen) atoms. The third-order valence-corrected chi connectivity index (χ3v) is 2.52. The van der Waals surface area contributed by atoms with Gasteiger partial charge in [0, 0.05) is 6.20 Å². The Kier molecular flexibility index (Phi) is 3.27. The van der Waals surface area contributed by atoms with Crippen molar-refractivity contribution in [2.75, 3.05) is 6.61 Å². The molecule has 6 heteroatoms. The normalized spacial score (nSPS) is 10.3. The van der Waals surface area contributed by atoms with Gasteiger partial charge in [-0.15, -0.1) is 0 Å². The molecule has 6 nitrogen and oxygen atoms in total. The van der Waals surface area contributed by atoms with Gasteiger partial charge in [-0.2, -0.15) is 0 Å². The molecule has 0 saturated carbocycles. The zero-order chi connectivity index (χ0) is 13.1. The summed E-state index contributed by atoms with van der Waals surface area (Å²) in [5.74, 6) is -0.533.